The van der Waals surface area contributed by atoms with Gasteiger partial charge in [-0.05, 0) is 43.0 Å². The van der Waals surface area contributed by atoms with Gasteiger partial charge in [-0.2, -0.15) is 0 Å². The molecule has 0 saturated heterocycles. The SMILES string of the molecule is CC(C)C(NC(=O)c1cccs1)C(=O)NC1CCC(C(=O)O)CC1. The molecule has 6 nitrogen and oxygen atoms in total. The average Bonchev–Trinajstić information content (AvgIpc) is 3.07. The van der Waals surface area contributed by atoms with E-state index in [2.05, 4.69) is 10.6 Å². The molecule has 0 aromatic carbocycles. The second-order valence-corrected chi connectivity index (χ2v) is 7.52. The summed E-state index contributed by atoms with van der Waals surface area (Å²) in [5.74, 6) is -1.55. The van der Waals surface area contributed by atoms with Crippen LogP contribution in [0, 0.1) is 11.8 Å². The third-order valence-corrected chi connectivity index (χ3v) is 5.27. The molecule has 1 fully saturated rings. The van der Waals surface area contributed by atoms with Gasteiger partial charge in [0.25, 0.3) is 5.91 Å². The van der Waals surface area contributed by atoms with Gasteiger partial charge in [0.05, 0.1) is 10.8 Å². The minimum absolute atomic E-state index is 0.0204. The van der Waals surface area contributed by atoms with E-state index < -0.39 is 12.0 Å². The summed E-state index contributed by atoms with van der Waals surface area (Å²) in [4.78, 5) is 36.3. The molecule has 24 heavy (non-hydrogen) atoms. The Morgan fingerprint density at radius 3 is 2.38 bits per heavy atom. The van der Waals surface area contributed by atoms with Crippen LogP contribution < -0.4 is 10.6 Å². The predicted molar refractivity (Wildman–Crippen MR) is 91.9 cm³/mol. The number of carboxylic acid groups (broad SMARTS) is 1. The Morgan fingerprint density at radius 2 is 1.88 bits per heavy atom. The zero-order valence-electron chi connectivity index (χ0n) is 14.0. The number of carbonyl (C=O) groups is 3. The number of carbonyl (C=O) groups excluding carboxylic acids is 2. The van der Waals surface area contributed by atoms with Crippen molar-refractivity contribution in [3.63, 3.8) is 0 Å². The van der Waals surface area contributed by atoms with Crippen molar-refractivity contribution in [1.29, 1.82) is 0 Å². The van der Waals surface area contributed by atoms with Gasteiger partial charge in [-0.1, -0.05) is 19.9 Å². The Morgan fingerprint density at radius 1 is 1.21 bits per heavy atom. The van der Waals surface area contributed by atoms with Crippen LogP contribution in [0.15, 0.2) is 17.5 Å². The van der Waals surface area contributed by atoms with Crippen molar-refractivity contribution in [1.82, 2.24) is 10.6 Å². The molecule has 1 unspecified atom stereocenters. The smallest absolute Gasteiger partial charge is 0.306 e. The van der Waals surface area contributed by atoms with Gasteiger partial charge in [0.1, 0.15) is 6.04 Å². The molecule has 132 valence electrons. The fraction of sp³-hybridized carbons (Fsp3) is 0.588. The predicted octanol–water partition coefficient (Wildman–Crippen LogP) is 2.26. The second-order valence-electron chi connectivity index (χ2n) is 6.57. The highest BCUT2D eigenvalue weighted by molar-refractivity contribution is 7.12. The van der Waals surface area contributed by atoms with Crippen molar-refractivity contribution < 1.29 is 19.5 Å². The number of aliphatic carboxylic acids is 1. The van der Waals surface area contributed by atoms with Crippen molar-refractivity contribution in [2.24, 2.45) is 11.8 Å². The zero-order chi connectivity index (χ0) is 17.7. The van der Waals surface area contributed by atoms with E-state index in [9.17, 15) is 14.4 Å². The lowest BCUT2D eigenvalue weighted by Crippen LogP contribution is -2.52. The van der Waals surface area contributed by atoms with Crippen LogP contribution >= 0.6 is 11.3 Å². The molecule has 1 aliphatic carbocycles. The molecule has 3 N–H and O–H groups in total. The maximum absolute atomic E-state index is 12.5. The quantitative estimate of drug-likeness (QED) is 0.732. The summed E-state index contributed by atoms with van der Waals surface area (Å²) < 4.78 is 0. The lowest BCUT2D eigenvalue weighted by Gasteiger charge is -2.29. The molecule has 0 aliphatic heterocycles. The molecule has 0 radical (unpaired) electrons. The summed E-state index contributed by atoms with van der Waals surface area (Å²) in [7, 11) is 0. The average molecular weight is 352 g/mol. The Balaban J connectivity index is 1.90. The first kappa shape index (κ1) is 18.4. The molecule has 1 aromatic rings. The Bertz CT molecular complexity index is 577. The maximum atomic E-state index is 12.5. The molecule has 1 atom stereocenters. The van der Waals surface area contributed by atoms with E-state index in [0.29, 0.717) is 30.6 Å². The van der Waals surface area contributed by atoms with Crippen molar-refractivity contribution in [3.8, 4) is 0 Å². The van der Waals surface area contributed by atoms with Crippen LogP contribution in [0.25, 0.3) is 0 Å². The molecule has 0 bridgehead atoms. The fourth-order valence-corrected chi connectivity index (χ4v) is 3.56. The van der Waals surface area contributed by atoms with E-state index in [-0.39, 0.29) is 29.7 Å². The van der Waals surface area contributed by atoms with Gasteiger partial charge < -0.3 is 15.7 Å². The Hall–Kier alpha value is -1.89. The number of rotatable bonds is 6. The highest BCUT2D eigenvalue weighted by atomic mass is 32.1. The van der Waals surface area contributed by atoms with Crippen LogP contribution in [0.4, 0.5) is 0 Å². The lowest BCUT2D eigenvalue weighted by molar-refractivity contribution is -0.142. The number of hydrogen-bond acceptors (Lipinski definition) is 4. The molecule has 2 rings (SSSR count). The first-order chi connectivity index (χ1) is 11.4. The molecular formula is C17H24N2O4S. The summed E-state index contributed by atoms with van der Waals surface area (Å²) in [6.07, 6.45) is 2.47. The highest BCUT2D eigenvalue weighted by Gasteiger charge is 2.30. The molecule has 1 aliphatic rings. The minimum Gasteiger partial charge on any atom is -0.481 e. The second kappa shape index (κ2) is 8.28. The standard InChI is InChI=1S/C17H24N2O4S/c1-10(2)14(19-15(20)13-4-3-9-24-13)16(21)18-12-7-5-11(6-8-12)17(22)23/h3-4,9-12,14H,5-8H2,1-2H3,(H,18,21)(H,19,20)(H,22,23). The molecule has 1 aromatic heterocycles. The van der Waals surface area contributed by atoms with Gasteiger partial charge in [-0.25, -0.2) is 0 Å². The number of amides is 2. The van der Waals surface area contributed by atoms with E-state index >= 15 is 0 Å². The molecule has 7 heteroatoms. The summed E-state index contributed by atoms with van der Waals surface area (Å²) >= 11 is 1.34. The van der Waals surface area contributed by atoms with Crippen LogP contribution in [0.2, 0.25) is 0 Å². The van der Waals surface area contributed by atoms with Crippen molar-refractivity contribution in [2.45, 2.75) is 51.6 Å². The normalized spacial score (nSPS) is 22.0. The maximum Gasteiger partial charge on any atom is 0.306 e. The van der Waals surface area contributed by atoms with E-state index in [0.717, 1.165) is 0 Å². The molecular weight excluding hydrogens is 328 g/mol. The monoisotopic (exact) mass is 352 g/mol. The minimum atomic E-state index is -0.761. The van der Waals surface area contributed by atoms with Gasteiger partial charge in [0.15, 0.2) is 0 Å². The summed E-state index contributed by atoms with van der Waals surface area (Å²) in [5.41, 5.74) is 0. The van der Waals surface area contributed by atoms with Gasteiger partial charge in [-0.3, -0.25) is 14.4 Å². The summed E-state index contributed by atoms with van der Waals surface area (Å²) in [6.45, 7) is 3.78. The van der Waals surface area contributed by atoms with Gasteiger partial charge in [0, 0.05) is 6.04 Å². The number of nitrogens with one attached hydrogen (secondary N) is 2. The number of hydrogen-bond donors (Lipinski definition) is 3. The van der Waals surface area contributed by atoms with Crippen LogP contribution in [-0.2, 0) is 9.59 Å². The van der Waals surface area contributed by atoms with Gasteiger partial charge in [-0.15, -0.1) is 11.3 Å². The van der Waals surface area contributed by atoms with E-state index in [1.807, 2.05) is 19.2 Å². The van der Waals surface area contributed by atoms with E-state index in [1.165, 1.54) is 11.3 Å². The molecule has 2 amide bonds. The van der Waals surface area contributed by atoms with Gasteiger partial charge in [0.2, 0.25) is 5.91 Å². The highest BCUT2D eigenvalue weighted by Crippen LogP contribution is 2.24. The largest absolute Gasteiger partial charge is 0.481 e. The van der Waals surface area contributed by atoms with Crippen LogP contribution in [0.5, 0.6) is 0 Å². The Kier molecular flexibility index (Phi) is 6.36. The topological polar surface area (TPSA) is 95.5 Å². The van der Waals surface area contributed by atoms with E-state index in [1.54, 1.807) is 12.1 Å². The van der Waals surface area contributed by atoms with Gasteiger partial charge >= 0.3 is 5.97 Å². The van der Waals surface area contributed by atoms with Crippen molar-refractivity contribution >= 4 is 29.1 Å². The summed E-state index contributed by atoms with van der Waals surface area (Å²) in [5, 5.41) is 16.6. The van der Waals surface area contributed by atoms with Crippen LogP contribution in [0.3, 0.4) is 0 Å². The van der Waals surface area contributed by atoms with Crippen LogP contribution in [0.1, 0.15) is 49.2 Å². The third kappa shape index (κ3) is 4.80. The lowest BCUT2D eigenvalue weighted by atomic mass is 9.86. The van der Waals surface area contributed by atoms with E-state index in [4.69, 9.17) is 5.11 Å². The summed E-state index contributed by atoms with van der Waals surface area (Å²) in [6, 6.07) is 2.90. The zero-order valence-corrected chi connectivity index (χ0v) is 14.8. The Labute approximate surface area is 145 Å². The number of thiophene rings is 1. The fourth-order valence-electron chi connectivity index (χ4n) is 2.93. The van der Waals surface area contributed by atoms with Crippen LogP contribution in [-0.4, -0.2) is 35.0 Å². The first-order valence-corrected chi connectivity index (χ1v) is 9.14. The van der Waals surface area contributed by atoms with Crippen molar-refractivity contribution in [2.75, 3.05) is 0 Å². The molecule has 1 saturated carbocycles. The molecule has 1 heterocycles. The molecule has 0 spiro atoms. The van der Waals surface area contributed by atoms with Crippen molar-refractivity contribution in [3.05, 3.63) is 22.4 Å². The number of carboxylic acids is 1. The first-order valence-electron chi connectivity index (χ1n) is 8.26. The third-order valence-electron chi connectivity index (χ3n) is 4.40.